The number of carbonyl (C=O) groups is 3. The largest absolute Gasteiger partial charge is 0.462 e. The van der Waals surface area contributed by atoms with Crippen molar-refractivity contribution in [1.82, 2.24) is 0 Å². The Bertz CT molecular complexity index is 1030. The van der Waals surface area contributed by atoms with E-state index in [-0.39, 0.29) is 31.1 Å². The van der Waals surface area contributed by atoms with Crippen molar-refractivity contribution in [3.05, 3.63) is 48.6 Å². The van der Waals surface area contributed by atoms with Gasteiger partial charge in [-0.2, -0.15) is 0 Å². The molecule has 0 aliphatic heterocycles. The third kappa shape index (κ3) is 44.5. The molecule has 0 aliphatic carbocycles. The molecule has 0 aromatic heterocycles. The number of esters is 3. The monoisotopic (exact) mass is 813 g/mol. The Morgan fingerprint density at radius 3 is 1.10 bits per heavy atom. The van der Waals surface area contributed by atoms with Crippen molar-refractivity contribution in [2.45, 2.75) is 252 Å². The second-order valence-electron chi connectivity index (χ2n) is 16.3. The lowest BCUT2D eigenvalue weighted by atomic mass is 10.1. The smallest absolute Gasteiger partial charge is 0.306 e. The van der Waals surface area contributed by atoms with Crippen LogP contribution in [0.1, 0.15) is 245 Å². The summed E-state index contributed by atoms with van der Waals surface area (Å²) < 4.78 is 16.7. The van der Waals surface area contributed by atoms with E-state index in [1.165, 1.54) is 116 Å². The molecule has 0 N–H and O–H groups in total. The van der Waals surface area contributed by atoms with Gasteiger partial charge in [-0.3, -0.25) is 14.4 Å². The van der Waals surface area contributed by atoms with Crippen molar-refractivity contribution in [1.29, 1.82) is 0 Å². The molecule has 0 heterocycles. The molecule has 0 saturated carbocycles. The summed E-state index contributed by atoms with van der Waals surface area (Å²) in [5.41, 5.74) is 0. The van der Waals surface area contributed by atoms with Crippen molar-refractivity contribution < 1.29 is 28.6 Å². The van der Waals surface area contributed by atoms with Crippen LogP contribution in [0, 0.1) is 0 Å². The number of unbranched alkanes of at least 4 members (excludes halogenated alkanes) is 25. The van der Waals surface area contributed by atoms with Crippen LogP contribution in [0.2, 0.25) is 0 Å². The normalized spacial score (nSPS) is 12.4. The van der Waals surface area contributed by atoms with Gasteiger partial charge in [-0.1, -0.05) is 198 Å². The lowest BCUT2D eigenvalue weighted by molar-refractivity contribution is -0.167. The summed E-state index contributed by atoms with van der Waals surface area (Å²) in [5.74, 6) is -0.891. The fraction of sp³-hybridized carbons (Fsp3) is 0.788. The summed E-state index contributed by atoms with van der Waals surface area (Å²) in [4.78, 5) is 37.8. The van der Waals surface area contributed by atoms with Crippen molar-refractivity contribution >= 4 is 17.9 Å². The van der Waals surface area contributed by atoms with Gasteiger partial charge >= 0.3 is 17.9 Å². The molecule has 0 aromatic rings. The summed E-state index contributed by atoms with van der Waals surface area (Å²) in [6.07, 6.45) is 55.2. The van der Waals surface area contributed by atoms with Crippen LogP contribution >= 0.6 is 0 Å². The predicted octanol–water partition coefficient (Wildman–Crippen LogP) is 15.9. The van der Waals surface area contributed by atoms with Crippen molar-refractivity contribution in [3.8, 4) is 0 Å². The van der Waals surface area contributed by atoms with Gasteiger partial charge in [0.05, 0.1) is 0 Å². The highest BCUT2D eigenvalue weighted by Gasteiger charge is 2.19. The van der Waals surface area contributed by atoms with Gasteiger partial charge in [0.2, 0.25) is 0 Å². The van der Waals surface area contributed by atoms with Gasteiger partial charge in [0.15, 0.2) is 6.10 Å². The van der Waals surface area contributed by atoms with E-state index in [1.807, 2.05) is 0 Å². The molecular weight excluding hydrogens is 721 g/mol. The molecular formula is C52H92O6. The van der Waals surface area contributed by atoms with E-state index in [2.05, 4.69) is 69.4 Å². The number of carbonyl (C=O) groups excluding carboxylic acids is 3. The maximum atomic E-state index is 12.7. The SMILES string of the molecule is CC/C=C\C/C=C\C/C=C\CCCCCCCCCCCC(=O)OCC(COC(=O)CCCCCCCCCCC)OC(=O)CCCCCCC/C=C\CCCCC. The molecule has 58 heavy (non-hydrogen) atoms. The van der Waals surface area contributed by atoms with Crippen molar-refractivity contribution in [2.24, 2.45) is 0 Å². The van der Waals surface area contributed by atoms with Gasteiger partial charge in [0, 0.05) is 19.3 Å². The Hall–Kier alpha value is -2.63. The average molecular weight is 813 g/mol. The maximum absolute atomic E-state index is 12.7. The maximum Gasteiger partial charge on any atom is 0.306 e. The Labute approximate surface area is 358 Å². The minimum Gasteiger partial charge on any atom is -0.462 e. The zero-order valence-electron chi connectivity index (χ0n) is 38.3. The highest BCUT2D eigenvalue weighted by molar-refractivity contribution is 5.71. The predicted molar refractivity (Wildman–Crippen MR) is 247 cm³/mol. The highest BCUT2D eigenvalue weighted by Crippen LogP contribution is 2.15. The van der Waals surface area contributed by atoms with Crippen LogP contribution in [0.25, 0.3) is 0 Å². The minimum absolute atomic E-state index is 0.0764. The number of rotatable bonds is 44. The molecule has 0 aromatic carbocycles. The number of hydrogen-bond donors (Lipinski definition) is 0. The zero-order valence-corrected chi connectivity index (χ0v) is 38.3. The first-order valence-electron chi connectivity index (χ1n) is 24.6. The number of hydrogen-bond acceptors (Lipinski definition) is 6. The molecule has 6 heteroatoms. The molecule has 1 atom stereocenters. The third-order valence-electron chi connectivity index (χ3n) is 10.6. The molecule has 0 saturated heterocycles. The van der Waals surface area contributed by atoms with Crippen LogP contribution in [0.15, 0.2) is 48.6 Å². The molecule has 0 bridgehead atoms. The van der Waals surface area contributed by atoms with E-state index in [0.29, 0.717) is 19.3 Å². The van der Waals surface area contributed by atoms with Crippen LogP contribution in [0.5, 0.6) is 0 Å². The van der Waals surface area contributed by atoms with Gasteiger partial charge in [0.25, 0.3) is 0 Å². The fourth-order valence-corrected chi connectivity index (χ4v) is 6.86. The average Bonchev–Trinajstić information content (AvgIpc) is 3.22. The zero-order chi connectivity index (χ0) is 42.3. The lowest BCUT2D eigenvalue weighted by Crippen LogP contribution is -2.30. The summed E-state index contributed by atoms with van der Waals surface area (Å²) >= 11 is 0. The van der Waals surface area contributed by atoms with Gasteiger partial charge < -0.3 is 14.2 Å². The molecule has 0 fully saturated rings. The van der Waals surface area contributed by atoms with Crippen LogP contribution in [0.4, 0.5) is 0 Å². The van der Waals surface area contributed by atoms with Gasteiger partial charge in [0.1, 0.15) is 13.2 Å². The molecule has 1 unspecified atom stereocenters. The van der Waals surface area contributed by atoms with Crippen molar-refractivity contribution in [3.63, 3.8) is 0 Å². The number of ether oxygens (including phenoxy) is 3. The summed E-state index contributed by atoms with van der Waals surface area (Å²) in [7, 11) is 0. The van der Waals surface area contributed by atoms with E-state index in [1.54, 1.807) is 0 Å². The Morgan fingerprint density at radius 2 is 0.672 bits per heavy atom. The van der Waals surface area contributed by atoms with Crippen molar-refractivity contribution in [2.75, 3.05) is 13.2 Å². The van der Waals surface area contributed by atoms with Gasteiger partial charge in [-0.05, 0) is 77.0 Å². The summed E-state index contributed by atoms with van der Waals surface area (Å²) in [5, 5.41) is 0. The standard InChI is InChI=1S/C52H92O6/c1-4-7-10-13-16-19-21-23-24-25-26-27-28-29-31-33-36-39-42-45-51(54)57-48-49(47-56-50(53)44-41-38-35-32-18-15-12-9-6-3)58-52(55)46-43-40-37-34-30-22-20-17-14-11-8-5-2/h7,10,16-17,19-20,23-24,49H,4-6,8-9,11-15,18,21-22,25-48H2,1-3H3/b10-7-,19-16-,20-17-,24-23-. The van der Waals surface area contributed by atoms with Crippen LogP contribution in [0.3, 0.4) is 0 Å². The Morgan fingerprint density at radius 1 is 0.362 bits per heavy atom. The lowest BCUT2D eigenvalue weighted by Gasteiger charge is -2.18. The molecule has 0 amide bonds. The van der Waals surface area contributed by atoms with Crippen LogP contribution < -0.4 is 0 Å². The first-order chi connectivity index (χ1) is 28.5. The Kier molecular flexibility index (Phi) is 44.9. The summed E-state index contributed by atoms with van der Waals surface area (Å²) in [6, 6.07) is 0. The second kappa shape index (κ2) is 47.1. The first kappa shape index (κ1) is 55.4. The Balaban J connectivity index is 4.29. The van der Waals surface area contributed by atoms with Crippen LogP contribution in [-0.4, -0.2) is 37.2 Å². The van der Waals surface area contributed by atoms with E-state index in [0.717, 1.165) is 89.9 Å². The van der Waals surface area contributed by atoms with E-state index >= 15 is 0 Å². The van der Waals surface area contributed by atoms with E-state index < -0.39 is 6.10 Å². The molecule has 0 radical (unpaired) electrons. The topological polar surface area (TPSA) is 78.9 Å². The fourth-order valence-electron chi connectivity index (χ4n) is 6.86. The van der Waals surface area contributed by atoms with Crippen LogP contribution in [-0.2, 0) is 28.6 Å². The van der Waals surface area contributed by atoms with Gasteiger partial charge in [-0.15, -0.1) is 0 Å². The number of allylic oxidation sites excluding steroid dienone is 8. The highest BCUT2D eigenvalue weighted by atomic mass is 16.6. The minimum atomic E-state index is -0.774. The molecule has 6 nitrogen and oxygen atoms in total. The first-order valence-corrected chi connectivity index (χ1v) is 24.6. The quantitative estimate of drug-likeness (QED) is 0.0264. The molecule has 336 valence electrons. The molecule has 0 aliphatic rings. The van der Waals surface area contributed by atoms with E-state index in [9.17, 15) is 14.4 Å². The summed E-state index contributed by atoms with van der Waals surface area (Å²) in [6.45, 7) is 6.48. The van der Waals surface area contributed by atoms with E-state index in [4.69, 9.17) is 14.2 Å². The molecule has 0 spiro atoms. The second-order valence-corrected chi connectivity index (χ2v) is 16.3. The van der Waals surface area contributed by atoms with Gasteiger partial charge in [-0.25, -0.2) is 0 Å². The third-order valence-corrected chi connectivity index (χ3v) is 10.6. The molecule has 0 rings (SSSR count).